The van der Waals surface area contributed by atoms with Crippen LogP contribution in [0.25, 0.3) is 0 Å². The fourth-order valence-corrected chi connectivity index (χ4v) is 4.64. The van der Waals surface area contributed by atoms with Crippen molar-refractivity contribution in [3.63, 3.8) is 0 Å². The zero-order valence-corrected chi connectivity index (χ0v) is 25.5. The Balaban J connectivity index is 3.12. The van der Waals surface area contributed by atoms with E-state index in [0.717, 1.165) is 6.08 Å². The summed E-state index contributed by atoms with van der Waals surface area (Å²) in [7, 11) is 5.49. The lowest BCUT2D eigenvalue weighted by Crippen LogP contribution is -2.37. The van der Waals surface area contributed by atoms with Crippen LogP contribution >= 0.6 is 0 Å². The number of carbonyl (C=O) groups is 4. The lowest BCUT2D eigenvalue weighted by Gasteiger charge is -2.29. The summed E-state index contributed by atoms with van der Waals surface area (Å²) >= 11 is 0. The number of allylic oxidation sites excluding steroid dienone is 4. The first-order chi connectivity index (χ1) is 19.7. The zero-order valence-electron chi connectivity index (χ0n) is 25.5. The minimum Gasteiger partial charge on any atom is -0.492 e. The Morgan fingerprint density at radius 3 is 2.24 bits per heavy atom. The third-order valence-electron chi connectivity index (χ3n) is 6.88. The Morgan fingerprint density at radius 2 is 1.71 bits per heavy atom. The normalized spacial score (nSPS) is 19.1. The van der Waals surface area contributed by atoms with Gasteiger partial charge in [-0.05, 0) is 38.2 Å². The number of amides is 1. The Kier molecular flexibility index (Phi) is 14.9. The molecule has 1 aliphatic rings. The minimum atomic E-state index is -1.02. The molecule has 1 aliphatic carbocycles. The molecule has 1 amide bonds. The molecule has 0 spiro atoms. The van der Waals surface area contributed by atoms with Gasteiger partial charge in [0.05, 0.1) is 32.1 Å². The van der Waals surface area contributed by atoms with Crippen molar-refractivity contribution in [1.29, 1.82) is 0 Å². The van der Waals surface area contributed by atoms with E-state index < -0.39 is 54.0 Å². The molecule has 0 aromatic rings. The van der Waals surface area contributed by atoms with Crippen LogP contribution in [0.3, 0.4) is 0 Å². The van der Waals surface area contributed by atoms with Crippen LogP contribution < -0.4 is 11.5 Å². The predicted molar refractivity (Wildman–Crippen MR) is 155 cm³/mol. The molecule has 0 fully saturated rings. The van der Waals surface area contributed by atoms with Gasteiger partial charge in [0, 0.05) is 37.4 Å². The summed E-state index contributed by atoms with van der Waals surface area (Å²) in [5.74, 6) is -2.14. The molecule has 0 unspecified atom stereocenters. The number of methoxy groups -OCH3 is 4. The number of esters is 1. The average Bonchev–Trinajstić information content (AvgIpc) is 2.94. The zero-order chi connectivity index (χ0) is 32.1. The quantitative estimate of drug-likeness (QED) is 0.0785. The van der Waals surface area contributed by atoms with Gasteiger partial charge >= 0.3 is 12.1 Å². The van der Waals surface area contributed by atoms with Gasteiger partial charge < -0.3 is 40.3 Å². The maximum absolute atomic E-state index is 12.6. The summed E-state index contributed by atoms with van der Waals surface area (Å²) in [4.78, 5) is 48.1. The second kappa shape index (κ2) is 17.3. The van der Waals surface area contributed by atoms with Crippen LogP contribution in [0.4, 0.5) is 4.79 Å². The molecule has 5 N–H and O–H groups in total. The summed E-state index contributed by atoms with van der Waals surface area (Å²) < 4.78 is 26.3. The van der Waals surface area contributed by atoms with E-state index in [9.17, 15) is 24.3 Å². The van der Waals surface area contributed by atoms with Crippen LogP contribution in [-0.4, -0.2) is 81.6 Å². The van der Waals surface area contributed by atoms with E-state index in [1.165, 1.54) is 34.5 Å². The number of rotatable bonds is 16. The lowest BCUT2D eigenvalue weighted by molar-refractivity contribution is -0.136. The van der Waals surface area contributed by atoms with E-state index in [0.29, 0.717) is 17.6 Å². The van der Waals surface area contributed by atoms with Crippen molar-refractivity contribution in [1.82, 2.24) is 0 Å². The molecule has 6 atom stereocenters. The van der Waals surface area contributed by atoms with Gasteiger partial charge in [0.15, 0.2) is 11.9 Å². The minimum absolute atomic E-state index is 0.0410. The van der Waals surface area contributed by atoms with Crippen molar-refractivity contribution in [3.05, 3.63) is 58.6 Å². The molecule has 12 nitrogen and oxygen atoms in total. The molecule has 234 valence electrons. The standard InChI is InChI=1S/C30H44N2O10/c1-16(12-20-26(35)21(31)15-22(33)28(20)40-7)13-24(39-6)25(34)18(3)14-19(4)27(42-30(32)37)23(38-5)11-9-10-17(2)29(36)41-8/h9-11,14-16,18,23-25,27,34H,12-13,31H2,1-8H3,(H2,32,37)/b11-9+,17-10+,19-14+/t16-,18-,23-,24+,25-,27+/m0/s1. The van der Waals surface area contributed by atoms with E-state index in [4.69, 9.17) is 30.4 Å². The average molecular weight is 593 g/mol. The maximum atomic E-state index is 12.6. The largest absolute Gasteiger partial charge is 0.492 e. The molecule has 0 heterocycles. The SMILES string of the molecule is COC(=O)/C(C)=C/C=C/[C@H](OC)[C@H](OC(N)=O)/C(C)=C/[C@H](C)[C@H](O)[C@@H](C[C@@H](C)CC1=C(OC)C(=O)C=C(N)C1=O)OC. The molecule has 1 rings (SSSR count). The van der Waals surface area contributed by atoms with Crippen molar-refractivity contribution < 1.29 is 48.0 Å². The number of nitrogens with two attached hydrogens (primary N) is 2. The van der Waals surface area contributed by atoms with Gasteiger partial charge in [-0.15, -0.1) is 0 Å². The molecular formula is C30H44N2O10. The van der Waals surface area contributed by atoms with E-state index in [1.54, 1.807) is 39.0 Å². The third-order valence-corrected chi connectivity index (χ3v) is 6.88. The van der Waals surface area contributed by atoms with Crippen LogP contribution in [0.5, 0.6) is 0 Å². The highest BCUT2D eigenvalue weighted by molar-refractivity contribution is 6.21. The molecule has 0 radical (unpaired) electrons. The summed E-state index contributed by atoms with van der Waals surface area (Å²) in [5, 5.41) is 11.2. The number of ketones is 2. The molecule has 0 bridgehead atoms. The molecule has 0 aromatic carbocycles. The fourth-order valence-electron chi connectivity index (χ4n) is 4.64. The number of aliphatic hydroxyl groups excluding tert-OH is 1. The van der Waals surface area contributed by atoms with Gasteiger partial charge in [0.25, 0.3) is 0 Å². The van der Waals surface area contributed by atoms with Crippen molar-refractivity contribution in [3.8, 4) is 0 Å². The van der Waals surface area contributed by atoms with Crippen LogP contribution in [0.1, 0.15) is 40.5 Å². The molecule has 42 heavy (non-hydrogen) atoms. The number of ether oxygens (including phenoxy) is 5. The number of carbonyl (C=O) groups excluding carboxylic acids is 4. The summed E-state index contributed by atoms with van der Waals surface area (Å²) in [6.45, 7) is 6.93. The molecule has 12 heteroatoms. The van der Waals surface area contributed by atoms with Gasteiger partial charge in [-0.2, -0.15) is 0 Å². The number of hydrogen-bond acceptors (Lipinski definition) is 11. The highest BCUT2D eigenvalue weighted by atomic mass is 16.6. The topological polar surface area (TPSA) is 187 Å². The first-order valence-electron chi connectivity index (χ1n) is 13.4. The molecule has 0 saturated carbocycles. The first kappa shape index (κ1) is 36.3. The van der Waals surface area contributed by atoms with E-state index in [-0.39, 0.29) is 29.4 Å². The molecular weight excluding hydrogens is 548 g/mol. The summed E-state index contributed by atoms with van der Waals surface area (Å²) in [5.41, 5.74) is 12.0. The number of aliphatic hydroxyl groups is 1. The maximum Gasteiger partial charge on any atom is 0.405 e. The van der Waals surface area contributed by atoms with Crippen molar-refractivity contribution >= 4 is 23.6 Å². The first-order valence-corrected chi connectivity index (χ1v) is 13.4. The third kappa shape index (κ3) is 10.3. The van der Waals surface area contributed by atoms with Gasteiger partial charge in [-0.1, -0.05) is 38.2 Å². The van der Waals surface area contributed by atoms with E-state index in [1.807, 2.05) is 6.92 Å². The Hall–Kier alpha value is -3.74. The second-order valence-electron chi connectivity index (χ2n) is 10.2. The van der Waals surface area contributed by atoms with Crippen LogP contribution in [0, 0.1) is 11.8 Å². The van der Waals surface area contributed by atoms with Gasteiger partial charge in [0.1, 0.15) is 6.10 Å². The van der Waals surface area contributed by atoms with Crippen molar-refractivity contribution in [2.24, 2.45) is 23.3 Å². The number of hydrogen-bond donors (Lipinski definition) is 3. The lowest BCUT2D eigenvalue weighted by atomic mass is 9.85. The van der Waals surface area contributed by atoms with Crippen molar-refractivity contribution in [2.45, 2.75) is 65.0 Å². The predicted octanol–water partition coefficient (Wildman–Crippen LogP) is 2.41. The Labute approximate surface area is 247 Å². The number of primary amides is 1. The highest BCUT2D eigenvalue weighted by Crippen LogP contribution is 2.28. The number of Topliss-reactive ketones (excluding diaryl/α,β-unsaturated/α-hetero) is 1. The fraction of sp³-hybridized carbons (Fsp3) is 0.533. The van der Waals surface area contributed by atoms with Crippen LogP contribution in [-0.2, 0) is 38.1 Å². The molecule has 0 saturated heterocycles. The Bertz CT molecular complexity index is 1150. The highest BCUT2D eigenvalue weighted by Gasteiger charge is 2.32. The van der Waals surface area contributed by atoms with Gasteiger partial charge in [-0.25, -0.2) is 9.59 Å². The van der Waals surface area contributed by atoms with E-state index in [2.05, 4.69) is 4.74 Å². The van der Waals surface area contributed by atoms with E-state index >= 15 is 0 Å². The monoisotopic (exact) mass is 592 g/mol. The smallest absolute Gasteiger partial charge is 0.405 e. The van der Waals surface area contributed by atoms with Crippen LogP contribution in [0.15, 0.2) is 58.6 Å². The van der Waals surface area contributed by atoms with Crippen LogP contribution in [0.2, 0.25) is 0 Å². The summed E-state index contributed by atoms with van der Waals surface area (Å²) in [6.07, 6.45) is 3.66. The van der Waals surface area contributed by atoms with Gasteiger partial charge in [-0.3, -0.25) is 9.59 Å². The molecule has 0 aliphatic heterocycles. The summed E-state index contributed by atoms with van der Waals surface area (Å²) in [6, 6.07) is 0. The Morgan fingerprint density at radius 1 is 1.07 bits per heavy atom. The van der Waals surface area contributed by atoms with Gasteiger partial charge in [0.2, 0.25) is 11.6 Å². The van der Waals surface area contributed by atoms with Crippen molar-refractivity contribution in [2.75, 3.05) is 28.4 Å². The second-order valence-corrected chi connectivity index (χ2v) is 10.2. The molecule has 0 aromatic heterocycles.